The van der Waals surface area contributed by atoms with Crippen LogP contribution in [0.4, 0.5) is 5.69 Å². The van der Waals surface area contributed by atoms with E-state index in [4.69, 9.17) is 24.1 Å². The Balaban J connectivity index is 2.05. The molecule has 0 aliphatic heterocycles. The first-order chi connectivity index (χ1) is 17.3. The molecule has 3 saturated carbocycles. The monoisotopic (exact) mass is 645 g/mol. The molecule has 0 bridgehead atoms. The fourth-order valence-corrected chi connectivity index (χ4v) is 39.4. The van der Waals surface area contributed by atoms with Crippen LogP contribution in [0, 0.1) is 10.1 Å². The molecule has 4 nitrogen and oxygen atoms in total. The van der Waals surface area contributed by atoms with Gasteiger partial charge in [-0.05, 0) is 0 Å². The normalized spacial score (nSPS) is 21.9. The molecule has 1 aromatic carbocycles. The fraction of sp³-hybridized carbons (Fsp3) is 0.750. The van der Waals surface area contributed by atoms with E-state index >= 15 is 0 Å². The summed E-state index contributed by atoms with van der Waals surface area (Å²) in [6, 6.07) is 4.95. The second-order valence-corrected chi connectivity index (χ2v) is 32.4. The van der Waals surface area contributed by atoms with Crippen molar-refractivity contribution in [2.75, 3.05) is 0 Å². The Morgan fingerprint density at radius 1 is 0.889 bits per heavy atom. The van der Waals surface area contributed by atoms with Gasteiger partial charge in [0.05, 0.1) is 0 Å². The van der Waals surface area contributed by atoms with Gasteiger partial charge in [0.15, 0.2) is 0 Å². The number of benzene rings is 1. The minimum atomic E-state index is -3.44. The number of hydrogen-bond acceptors (Lipinski definition) is 3. The molecule has 4 rings (SSSR count). The van der Waals surface area contributed by atoms with Crippen molar-refractivity contribution in [1.82, 2.24) is 0 Å². The summed E-state index contributed by atoms with van der Waals surface area (Å²) >= 11 is -3.44. The fourth-order valence-electron chi connectivity index (χ4n) is 7.12. The Kier molecular flexibility index (Phi) is 10.3. The number of hydrogen-bond donors (Lipinski definition) is 0. The molecule has 3 aliphatic rings. The van der Waals surface area contributed by atoms with Gasteiger partial charge in [0.1, 0.15) is 0 Å². The van der Waals surface area contributed by atoms with Crippen LogP contribution in [0.3, 0.4) is 0 Å². The van der Waals surface area contributed by atoms with Gasteiger partial charge in [-0.3, -0.25) is 0 Å². The second-order valence-electron chi connectivity index (χ2n) is 11.3. The van der Waals surface area contributed by atoms with Crippen molar-refractivity contribution in [3.8, 4) is 5.75 Å². The standard InChI is InChI=1S/C18H33P.C10H11NO3.2ClH.Ru/c1-4-10-16(11-5-1)19(17-12-6-2-7-13-17)18-14-8-3-9-15-18;1-7(2)14-10-5-4-9(11(12)13)6-8(10)3;;;/h16-18H,1-15H2;3-7H,1-2H3;2*1H;/q;;;;+2/p-2. The van der Waals surface area contributed by atoms with E-state index in [1.165, 1.54) is 102 Å². The predicted molar refractivity (Wildman–Crippen MR) is 153 cm³/mol. The summed E-state index contributed by atoms with van der Waals surface area (Å²) in [4.78, 5) is 11.4. The Labute approximate surface area is 227 Å². The van der Waals surface area contributed by atoms with Crippen molar-refractivity contribution in [3.63, 3.8) is 0 Å². The summed E-state index contributed by atoms with van der Waals surface area (Å²) in [6.07, 6.45) is 19.4. The molecule has 0 unspecified atom stereocenters. The molecule has 0 aromatic heterocycles. The predicted octanol–water partition coefficient (Wildman–Crippen LogP) is 9.92. The Bertz CT molecular complexity index is 1000. The number of nitrogens with zero attached hydrogens (tertiary/aromatic N) is 1. The first kappa shape index (κ1) is 28.9. The van der Waals surface area contributed by atoms with Crippen molar-refractivity contribution in [2.24, 2.45) is 0 Å². The van der Waals surface area contributed by atoms with E-state index in [0.29, 0.717) is 22.7 Å². The Morgan fingerprint density at radius 3 is 1.72 bits per heavy atom. The third-order valence-electron chi connectivity index (χ3n) is 8.54. The molecule has 0 heterocycles. The van der Waals surface area contributed by atoms with E-state index in [9.17, 15) is 10.1 Å². The van der Waals surface area contributed by atoms with Gasteiger partial charge in [-0.2, -0.15) is 0 Å². The number of ether oxygens (including phenoxy) is 1. The minimum absolute atomic E-state index is 0.0290. The van der Waals surface area contributed by atoms with Gasteiger partial charge in [-0.25, -0.2) is 0 Å². The molecule has 8 heteroatoms. The maximum absolute atomic E-state index is 11.7. The SMILES string of the molecule is CC(C)Oc1ccc([N+](=O)[O-])cc1[CH]=[Ru]([Cl])([Cl])=[P](C1CCCCC1)(C1CCCCC1)C1CCCCC1. The van der Waals surface area contributed by atoms with E-state index in [0.717, 1.165) is 5.56 Å². The Morgan fingerprint density at radius 2 is 1.33 bits per heavy atom. The zero-order valence-corrected chi connectivity index (χ0v) is 26.1. The number of nitro benzene ring substituents is 1. The van der Waals surface area contributed by atoms with Crippen molar-refractivity contribution in [3.05, 3.63) is 33.9 Å². The van der Waals surface area contributed by atoms with Crippen molar-refractivity contribution in [1.29, 1.82) is 0 Å². The molecule has 1 aromatic rings. The third-order valence-corrected chi connectivity index (χ3v) is 35.2. The average Bonchev–Trinajstić information content (AvgIpc) is 2.87. The summed E-state index contributed by atoms with van der Waals surface area (Å²) in [6.45, 7) is 3.98. The van der Waals surface area contributed by atoms with Crippen LogP contribution in [0.15, 0.2) is 18.2 Å². The number of halogens is 2. The van der Waals surface area contributed by atoms with Crippen LogP contribution in [0.2, 0.25) is 0 Å². The van der Waals surface area contributed by atoms with E-state index in [2.05, 4.69) is 4.61 Å². The van der Waals surface area contributed by atoms with Crippen LogP contribution in [0.5, 0.6) is 5.75 Å². The van der Waals surface area contributed by atoms with Gasteiger partial charge in [-0.15, -0.1) is 0 Å². The first-order valence-electron chi connectivity index (χ1n) is 14.1. The van der Waals surface area contributed by atoms with Crippen LogP contribution in [-0.2, 0) is 11.4 Å². The number of nitro groups is 1. The van der Waals surface area contributed by atoms with Crippen LogP contribution < -0.4 is 4.74 Å². The summed E-state index contributed by atoms with van der Waals surface area (Å²) in [7, 11) is 15.9. The summed E-state index contributed by atoms with van der Waals surface area (Å²) in [5.74, 6) is 0.677. The topological polar surface area (TPSA) is 52.4 Å². The molecule has 3 fully saturated rings. The molecular weight excluding hydrogens is 601 g/mol. The zero-order chi connectivity index (χ0) is 25.8. The summed E-state index contributed by atoms with van der Waals surface area (Å²) in [5, 5.41) is 9.93. The molecule has 0 N–H and O–H groups in total. The molecule has 36 heavy (non-hydrogen) atoms. The molecule has 206 valence electrons. The van der Waals surface area contributed by atoms with Crippen LogP contribution in [0.1, 0.15) is 116 Å². The molecule has 0 radical (unpaired) electrons. The van der Waals surface area contributed by atoms with Gasteiger partial charge in [0.2, 0.25) is 0 Å². The molecule has 0 amide bonds. The summed E-state index contributed by atoms with van der Waals surface area (Å²) in [5.41, 5.74) is 2.84. The van der Waals surface area contributed by atoms with Gasteiger partial charge < -0.3 is 0 Å². The first-order valence-corrected chi connectivity index (χ1v) is 23.7. The Hall–Kier alpha value is -0.0766. The quantitative estimate of drug-likeness (QED) is 0.128. The summed E-state index contributed by atoms with van der Waals surface area (Å²) < 4.78 is 8.32. The van der Waals surface area contributed by atoms with Crippen LogP contribution in [-0.4, -0.2) is 32.6 Å². The van der Waals surface area contributed by atoms with Crippen molar-refractivity contribution >= 4 is 34.8 Å². The van der Waals surface area contributed by atoms with E-state index in [-0.39, 0.29) is 16.7 Å². The molecular formula is C28H44Cl2NO3PRu. The second kappa shape index (κ2) is 12.9. The molecule has 3 aliphatic carbocycles. The zero-order valence-electron chi connectivity index (χ0n) is 22.0. The third kappa shape index (κ3) is 6.21. The van der Waals surface area contributed by atoms with Crippen LogP contribution in [0.25, 0.3) is 0 Å². The van der Waals surface area contributed by atoms with Gasteiger partial charge in [0, 0.05) is 0 Å². The van der Waals surface area contributed by atoms with Gasteiger partial charge in [0.25, 0.3) is 0 Å². The van der Waals surface area contributed by atoms with E-state index < -0.39 is 16.5 Å². The van der Waals surface area contributed by atoms with Gasteiger partial charge >= 0.3 is 229 Å². The number of rotatable bonds is 7. The van der Waals surface area contributed by atoms with Crippen molar-refractivity contribution < 1.29 is 21.0 Å². The van der Waals surface area contributed by atoms with E-state index in [1.54, 1.807) is 12.1 Å². The van der Waals surface area contributed by atoms with Gasteiger partial charge in [-0.1, -0.05) is 0 Å². The molecule has 0 saturated heterocycles. The van der Waals surface area contributed by atoms with Crippen LogP contribution >= 0.6 is 24.5 Å². The van der Waals surface area contributed by atoms with E-state index in [1.807, 2.05) is 13.8 Å². The maximum atomic E-state index is 11.7. The van der Waals surface area contributed by atoms with Crippen molar-refractivity contribution in [2.45, 2.75) is 133 Å². The number of non-ortho nitro benzene ring substituents is 1. The average molecular weight is 646 g/mol. The molecule has 0 atom stereocenters. The molecule has 0 spiro atoms.